The molecule has 0 unspecified atom stereocenters. The van der Waals surface area contributed by atoms with Crippen LogP contribution in [0, 0.1) is 0 Å². The van der Waals surface area contributed by atoms with Gasteiger partial charge < -0.3 is 14.7 Å². The summed E-state index contributed by atoms with van der Waals surface area (Å²) in [5.41, 5.74) is 4.95. The second kappa shape index (κ2) is 11.6. The van der Waals surface area contributed by atoms with E-state index >= 15 is 0 Å². The summed E-state index contributed by atoms with van der Waals surface area (Å²) in [6, 6.07) is 18.3. The zero-order valence-electron chi connectivity index (χ0n) is 22.4. The molecule has 41 heavy (non-hydrogen) atoms. The van der Waals surface area contributed by atoms with Gasteiger partial charge in [0.05, 0.1) is 15.4 Å². The zero-order chi connectivity index (χ0) is 28.7. The van der Waals surface area contributed by atoms with Crippen LogP contribution in [-0.2, 0) is 21.0 Å². The van der Waals surface area contributed by atoms with Gasteiger partial charge in [0.1, 0.15) is 12.4 Å². The van der Waals surface area contributed by atoms with Crippen molar-refractivity contribution in [3.05, 3.63) is 97.2 Å². The van der Waals surface area contributed by atoms with E-state index in [4.69, 9.17) is 4.74 Å². The molecule has 3 aliphatic rings. The maximum Gasteiger partial charge on any atom is 0.305 e. The third kappa shape index (κ3) is 5.28. The molecule has 1 aliphatic heterocycles. The predicted octanol–water partition coefficient (Wildman–Crippen LogP) is 7.83. The first-order valence-corrected chi connectivity index (χ1v) is 15.5. The SMILES string of the molecule is O=C(O)CCN1C2=C(C(=O)CCC2)C(c2cc(Br)c(OCc3cccc4ccccc34)c(Br)c2)C2=C1CCCC2=O. The van der Waals surface area contributed by atoms with E-state index in [0.717, 1.165) is 55.1 Å². The third-order valence-corrected chi connectivity index (χ3v) is 9.42. The Labute approximate surface area is 255 Å². The largest absolute Gasteiger partial charge is 0.487 e. The number of hydrogen-bond donors (Lipinski definition) is 1. The Morgan fingerprint density at radius 2 is 1.49 bits per heavy atom. The number of carbonyl (C=O) groups is 3. The minimum Gasteiger partial charge on any atom is -0.487 e. The molecule has 210 valence electrons. The van der Waals surface area contributed by atoms with Gasteiger partial charge in [-0.25, -0.2) is 0 Å². The topological polar surface area (TPSA) is 83.9 Å². The molecule has 1 heterocycles. The molecular formula is C33H29Br2NO5. The molecule has 3 aromatic rings. The van der Waals surface area contributed by atoms with Crippen molar-refractivity contribution < 1.29 is 24.2 Å². The number of carboxylic acid groups (broad SMARTS) is 1. The van der Waals surface area contributed by atoms with Gasteiger partial charge in [0, 0.05) is 47.8 Å². The number of rotatable bonds is 7. The normalized spacial score (nSPS) is 17.7. The van der Waals surface area contributed by atoms with Crippen molar-refractivity contribution in [1.29, 1.82) is 0 Å². The Hall–Kier alpha value is -3.23. The van der Waals surface area contributed by atoms with Crippen LogP contribution >= 0.6 is 31.9 Å². The number of nitrogens with zero attached hydrogens (tertiary/aromatic N) is 1. The third-order valence-electron chi connectivity index (χ3n) is 8.24. The summed E-state index contributed by atoms with van der Waals surface area (Å²) >= 11 is 7.43. The highest BCUT2D eigenvalue weighted by molar-refractivity contribution is 9.11. The predicted molar refractivity (Wildman–Crippen MR) is 164 cm³/mol. The quantitative estimate of drug-likeness (QED) is 0.274. The molecule has 0 spiro atoms. The van der Waals surface area contributed by atoms with Crippen LogP contribution in [0.4, 0.5) is 0 Å². The summed E-state index contributed by atoms with van der Waals surface area (Å²) in [5, 5.41) is 11.7. The van der Waals surface area contributed by atoms with Crippen molar-refractivity contribution in [1.82, 2.24) is 4.90 Å². The van der Waals surface area contributed by atoms with Crippen LogP contribution in [0.1, 0.15) is 62.0 Å². The van der Waals surface area contributed by atoms with E-state index in [1.807, 2.05) is 35.2 Å². The first-order chi connectivity index (χ1) is 19.8. The Morgan fingerprint density at radius 1 is 0.878 bits per heavy atom. The number of ether oxygens (including phenoxy) is 1. The number of carbonyl (C=O) groups excluding carboxylic acids is 2. The van der Waals surface area contributed by atoms with E-state index in [1.165, 1.54) is 0 Å². The first-order valence-electron chi connectivity index (χ1n) is 13.9. The molecule has 8 heteroatoms. The minimum atomic E-state index is -0.896. The standard InChI is InChI=1S/C33H29Br2NO5/c34-23-16-21(17-24(35)33(23)41-18-20-8-3-7-19-6-1-2-9-22(19)20)30-31-25(10-4-12-27(31)37)36(15-14-29(39)40)26-11-5-13-28(38)32(26)30/h1-3,6-9,16-17,30H,4-5,10-15,18H2,(H,39,40). The molecule has 0 aromatic heterocycles. The summed E-state index contributed by atoms with van der Waals surface area (Å²) in [6.45, 7) is 0.635. The number of benzene rings is 3. The highest BCUT2D eigenvalue weighted by Gasteiger charge is 2.43. The minimum absolute atomic E-state index is 0.0324. The van der Waals surface area contributed by atoms with Crippen molar-refractivity contribution in [2.45, 2.75) is 57.5 Å². The van der Waals surface area contributed by atoms with Crippen LogP contribution in [0.5, 0.6) is 5.75 Å². The Balaban J connectivity index is 1.39. The fourth-order valence-electron chi connectivity index (χ4n) is 6.48. The molecule has 0 fully saturated rings. The molecule has 2 aliphatic carbocycles. The highest BCUT2D eigenvalue weighted by Crippen LogP contribution is 2.50. The van der Waals surface area contributed by atoms with E-state index in [0.29, 0.717) is 49.2 Å². The molecule has 0 atom stereocenters. The molecular weight excluding hydrogens is 650 g/mol. The average Bonchev–Trinajstić information content (AvgIpc) is 2.95. The molecule has 0 saturated carbocycles. The van der Waals surface area contributed by atoms with Gasteiger partial charge in [0.15, 0.2) is 11.6 Å². The first kappa shape index (κ1) is 27.9. The molecule has 0 bridgehead atoms. The van der Waals surface area contributed by atoms with Gasteiger partial charge in [0.25, 0.3) is 0 Å². The number of allylic oxidation sites excluding steroid dienone is 4. The van der Waals surface area contributed by atoms with E-state index < -0.39 is 11.9 Å². The number of aliphatic carboxylic acids is 1. The fourth-order valence-corrected chi connectivity index (χ4v) is 7.93. The van der Waals surface area contributed by atoms with Gasteiger partial charge in [-0.1, -0.05) is 42.5 Å². The van der Waals surface area contributed by atoms with Gasteiger partial charge >= 0.3 is 5.97 Å². The van der Waals surface area contributed by atoms with Gasteiger partial charge in [-0.15, -0.1) is 0 Å². The number of carboxylic acids is 1. The van der Waals surface area contributed by atoms with Crippen molar-refractivity contribution in [2.75, 3.05) is 6.54 Å². The number of hydrogen-bond acceptors (Lipinski definition) is 5. The van der Waals surface area contributed by atoms with E-state index in [1.54, 1.807) is 0 Å². The monoisotopic (exact) mass is 677 g/mol. The lowest BCUT2D eigenvalue weighted by molar-refractivity contribution is -0.137. The smallest absolute Gasteiger partial charge is 0.305 e. The van der Waals surface area contributed by atoms with Gasteiger partial charge in [0.2, 0.25) is 0 Å². The van der Waals surface area contributed by atoms with E-state index in [9.17, 15) is 19.5 Å². The zero-order valence-corrected chi connectivity index (χ0v) is 25.6. The number of halogens is 2. The van der Waals surface area contributed by atoms with Gasteiger partial charge in [-0.05, 0) is 91.6 Å². The van der Waals surface area contributed by atoms with Crippen molar-refractivity contribution in [3.63, 3.8) is 0 Å². The Morgan fingerprint density at radius 3 is 2.12 bits per heavy atom. The summed E-state index contributed by atoms with van der Waals surface area (Å²) in [5.74, 6) is -0.669. The fraction of sp³-hybridized carbons (Fsp3) is 0.303. The second-order valence-electron chi connectivity index (χ2n) is 10.7. The number of Topliss-reactive ketones (excluding diaryl/α,β-unsaturated/α-hetero) is 2. The second-order valence-corrected chi connectivity index (χ2v) is 12.5. The molecule has 6 rings (SSSR count). The van der Waals surface area contributed by atoms with Crippen LogP contribution < -0.4 is 4.74 Å². The lowest BCUT2D eigenvalue weighted by Gasteiger charge is -2.44. The molecule has 0 amide bonds. The van der Waals surface area contributed by atoms with Crippen LogP contribution in [0.2, 0.25) is 0 Å². The number of ketones is 2. The van der Waals surface area contributed by atoms with Crippen LogP contribution in [0.15, 0.2) is 86.1 Å². The molecule has 0 radical (unpaired) electrons. The lowest BCUT2D eigenvalue weighted by Crippen LogP contribution is -2.39. The molecule has 6 nitrogen and oxygen atoms in total. The maximum absolute atomic E-state index is 13.5. The molecule has 3 aromatic carbocycles. The molecule has 1 N–H and O–H groups in total. The van der Waals surface area contributed by atoms with Crippen molar-refractivity contribution in [2.24, 2.45) is 0 Å². The number of fused-ring (bicyclic) bond motifs is 1. The van der Waals surface area contributed by atoms with Gasteiger partial charge in [-0.3, -0.25) is 14.4 Å². The Bertz CT molecular complexity index is 1580. The summed E-state index contributed by atoms with van der Waals surface area (Å²) in [7, 11) is 0. The van der Waals surface area contributed by atoms with Crippen LogP contribution in [-0.4, -0.2) is 34.1 Å². The van der Waals surface area contributed by atoms with E-state index in [2.05, 4.69) is 56.1 Å². The lowest BCUT2D eigenvalue weighted by atomic mass is 9.71. The maximum atomic E-state index is 13.5. The highest BCUT2D eigenvalue weighted by atomic mass is 79.9. The average molecular weight is 679 g/mol. The van der Waals surface area contributed by atoms with Crippen molar-refractivity contribution in [3.8, 4) is 5.75 Å². The van der Waals surface area contributed by atoms with Crippen LogP contribution in [0.3, 0.4) is 0 Å². The van der Waals surface area contributed by atoms with Crippen LogP contribution in [0.25, 0.3) is 10.8 Å². The summed E-state index contributed by atoms with van der Waals surface area (Å²) in [6.07, 6.45) is 3.62. The Kier molecular flexibility index (Phi) is 7.88. The molecule has 0 saturated heterocycles. The summed E-state index contributed by atoms with van der Waals surface area (Å²) < 4.78 is 7.77. The summed E-state index contributed by atoms with van der Waals surface area (Å²) in [4.78, 5) is 40.5. The van der Waals surface area contributed by atoms with Crippen molar-refractivity contribution >= 4 is 60.2 Å². The van der Waals surface area contributed by atoms with E-state index in [-0.39, 0.29) is 24.5 Å². The van der Waals surface area contributed by atoms with Gasteiger partial charge in [-0.2, -0.15) is 0 Å².